The summed E-state index contributed by atoms with van der Waals surface area (Å²) in [5.74, 6) is -1.60. The molecule has 0 N–H and O–H groups in total. The van der Waals surface area contributed by atoms with Crippen molar-refractivity contribution in [3.8, 4) is 0 Å². The summed E-state index contributed by atoms with van der Waals surface area (Å²) in [6, 6.07) is 0. The smallest absolute Gasteiger partial charge is 0.338 e. The molecule has 1 aliphatic carbocycles. The first-order valence-electron chi connectivity index (χ1n) is 7.20. The Morgan fingerprint density at radius 1 is 1.00 bits per heavy atom. The number of esters is 1. The minimum absolute atomic E-state index is 0.148. The van der Waals surface area contributed by atoms with E-state index in [1.807, 2.05) is 20.8 Å². The van der Waals surface area contributed by atoms with Crippen LogP contribution >= 0.6 is 0 Å². The lowest BCUT2D eigenvalue weighted by atomic mass is 9.73. The van der Waals surface area contributed by atoms with Crippen molar-refractivity contribution >= 4 is 17.5 Å². The molecule has 0 radical (unpaired) electrons. The summed E-state index contributed by atoms with van der Waals surface area (Å²) < 4.78 is 5.33. The van der Waals surface area contributed by atoms with Gasteiger partial charge in [-0.3, -0.25) is 9.59 Å². The van der Waals surface area contributed by atoms with Crippen LogP contribution in [-0.4, -0.2) is 17.5 Å². The maximum atomic E-state index is 12.5. The molecule has 1 rings (SSSR count). The number of allylic oxidation sites excluding steroid dienone is 3. The molecule has 22 heavy (non-hydrogen) atoms. The number of ether oxygens (including phenoxy) is 1. The number of Topliss-reactive ketones (excluding diaryl/α,β-unsaturated/α-hetero) is 2. The van der Waals surface area contributed by atoms with Crippen LogP contribution in [0.5, 0.6) is 0 Å². The summed E-state index contributed by atoms with van der Waals surface area (Å²) in [4.78, 5) is 36.8. The molecule has 0 aliphatic heterocycles. The molecule has 0 spiro atoms. The largest absolute Gasteiger partial charge is 0.423 e. The quantitative estimate of drug-likeness (QED) is 0.339. The second-order valence-corrected chi connectivity index (χ2v) is 7.63. The summed E-state index contributed by atoms with van der Waals surface area (Å²) in [7, 11) is 0. The van der Waals surface area contributed by atoms with Gasteiger partial charge in [-0.2, -0.15) is 0 Å². The van der Waals surface area contributed by atoms with Crippen LogP contribution in [0.2, 0.25) is 0 Å². The van der Waals surface area contributed by atoms with E-state index >= 15 is 0 Å². The number of rotatable bonds is 2. The maximum absolute atomic E-state index is 12.5. The minimum atomic E-state index is -0.614. The van der Waals surface area contributed by atoms with E-state index in [2.05, 4.69) is 6.58 Å². The number of ketones is 2. The molecule has 4 heteroatoms. The lowest BCUT2D eigenvalue weighted by Crippen LogP contribution is -2.35. The summed E-state index contributed by atoms with van der Waals surface area (Å²) in [6.45, 7) is 16.0. The van der Waals surface area contributed by atoms with Gasteiger partial charge in [-0.25, -0.2) is 4.79 Å². The van der Waals surface area contributed by atoms with E-state index in [1.54, 1.807) is 20.8 Å². The number of hydrogen-bond donors (Lipinski definition) is 0. The van der Waals surface area contributed by atoms with E-state index in [0.29, 0.717) is 5.57 Å². The maximum Gasteiger partial charge on any atom is 0.338 e. The molecule has 0 atom stereocenters. The third-order valence-corrected chi connectivity index (χ3v) is 3.31. The highest BCUT2D eigenvalue weighted by molar-refractivity contribution is 6.50. The Kier molecular flexibility index (Phi) is 4.66. The molecule has 0 aromatic heterocycles. The van der Waals surface area contributed by atoms with E-state index in [4.69, 9.17) is 4.74 Å². The van der Waals surface area contributed by atoms with Crippen molar-refractivity contribution in [2.75, 3.05) is 0 Å². The lowest BCUT2D eigenvalue weighted by molar-refractivity contribution is -0.136. The van der Waals surface area contributed by atoms with Gasteiger partial charge in [0.15, 0.2) is 0 Å². The summed E-state index contributed by atoms with van der Waals surface area (Å²) in [5.41, 5.74) is -0.333. The first-order chi connectivity index (χ1) is 9.76. The third kappa shape index (κ3) is 3.62. The van der Waals surface area contributed by atoms with Gasteiger partial charge in [0.1, 0.15) is 5.76 Å². The van der Waals surface area contributed by atoms with Crippen molar-refractivity contribution in [1.29, 1.82) is 0 Å². The van der Waals surface area contributed by atoms with Crippen LogP contribution in [0.3, 0.4) is 0 Å². The molecule has 0 saturated heterocycles. The van der Waals surface area contributed by atoms with Crippen LogP contribution in [0.1, 0.15) is 48.5 Å². The van der Waals surface area contributed by atoms with Crippen LogP contribution in [-0.2, 0) is 19.1 Å². The zero-order valence-corrected chi connectivity index (χ0v) is 14.4. The lowest BCUT2D eigenvalue weighted by Gasteiger charge is -2.30. The molecule has 0 bridgehead atoms. The zero-order chi connectivity index (χ0) is 17.5. The molecule has 4 nitrogen and oxygen atoms in total. The van der Waals surface area contributed by atoms with Gasteiger partial charge in [-0.05, 0) is 23.8 Å². The molecular formula is C18H24O4. The summed E-state index contributed by atoms with van der Waals surface area (Å²) >= 11 is 0. The van der Waals surface area contributed by atoms with E-state index in [-0.39, 0.29) is 16.9 Å². The molecule has 0 heterocycles. The first kappa shape index (κ1) is 18.1. The monoisotopic (exact) mass is 304 g/mol. The van der Waals surface area contributed by atoms with E-state index in [1.165, 1.54) is 13.0 Å². The van der Waals surface area contributed by atoms with Crippen molar-refractivity contribution < 1.29 is 19.1 Å². The zero-order valence-electron chi connectivity index (χ0n) is 14.4. The third-order valence-electron chi connectivity index (χ3n) is 3.31. The Morgan fingerprint density at radius 2 is 1.50 bits per heavy atom. The first-order valence-corrected chi connectivity index (χ1v) is 7.20. The van der Waals surface area contributed by atoms with Crippen LogP contribution in [0.4, 0.5) is 0 Å². The van der Waals surface area contributed by atoms with Gasteiger partial charge in [-0.1, -0.05) is 48.1 Å². The predicted molar refractivity (Wildman–Crippen MR) is 84.9 cm³/mol. The van der Waals surface area contributed by atoms with E-state index < -0.39 is 28.4 Å². The van der Waals surface area contributed by atoms with Gasteiger partial charge in [0, 0.05) is 11.1 Å². The average Bonchev–Trinajstić information content (AvgIpc) is 2.30. The molecule has 0 amide bonds. The Balaban J connectivity index is 3.56. The Labute approximate surface area is 131 Å². The van der Waals surface area contributed by atoms with E-state index in [0.717, 1.165) is 0 Å². The average molecular weight is 304 g/mol. The Morgan fingerprint density at radius 3 is 1.86 bits per heavy atom. The van der Waals surface area contributed by atoms with Crippen molar-refractivity contribution in [2.45, 2.75) is 48.5 Å². The molecule has 0 fully saturated rings. The van der Waals surface area contributed by atoms with Crippen LogP contribution in [0.15, 0.2) is 35.1 Å². The molecule has 1 aliphatic rings. The summed E-state index contributed by atoms with van der Waals surface area (Å²) in [6.07, 6.45) is 1.52. The van der Waals surface area contributed by atoms with Gasteiger partial charge in [0.25, 0.3) is 0 Å². The Hall–Kier alpha value is -1.97. The highest BCUT2D eigenvalue weighted by atomic mass is 16.5. The van der Waals surface area contributed by atoms with Gasteiger partial charge >= 0.3 is 5.97 Å². The number of hydrogen-bond acceptors (Lipinski definition) is 4. The molecular weight excluding hydrogens is 280 g/mol. The predicted octanol–water partition coefficient (Wildman–Crippen LogP) is 3.53. The van der Waals surface area contributed by atoms with Gasteiger partial charge in [-0.15, -0.1) is 0 Å². The van der Waals surface area contributed by atoms with Crippen LogP contribution in [0.25, 0.3) is 0 Å². The molecule has 0 saturated carbocycles. The second kappa shape index (κ2) is 5.67. The summed E-state index contributed by atoms with van der Waals surface area (Å²) in [5, 5.41) is 0. The van der Waals surface area contributed by atoms with Gasteiger partial charge in [0.05, 0.1) is 5.57 Å². The van der Waals surface area contributed by atoms with Crippen molar-refractivity contribution in [2.24, 2.45) is 10.8 Å². The minimum Gasteiger partial charge on any atom is -0.423 e. The SMILES string of the molecule is C=C(C)C(=O)OC1=C(C(C)(C)C)C(=O)C(=O)C(C(C)(C)C)=C1. The van der Waals surface area contributed by atoms with Gasteiger partial charge in [0.2, 0.25) is 11.6 Å². The topological polar surface area (TPSA) is 60.4 Å². The van der Waals surface area contributed by atoms with Crippen molar-refractivity contribution in [3.63, 3.8) is 0 Å². The molecule has 0 aromatic carbocycles. The highest BCUT2D eigenvalue weighted by Crippen LogP contribution is 2.38. The van der Waals surface area contributed by atoms with Crippen LogP contribution < -0.4 is 0 Å². The standard InChI is InChI=1S/C18H24O4/c1-10(2)16(21)22-12-9-11(17(3,4)5)14(19)15(20)13(12)18(6,7)8/h9H,1H2,2-8H3. The second-order valence-electron chi connectivity index (χ2n) is 7.63. The van der Waals surface area contributed by atoms with E-state index in [9.17, 15) is 14.4 Å². The van der Waals surface area contributed by atoms with Crippen molar-refractivity contribution in [3.05, 3.63) is 35.1 Å². The highest BCUT2D eigenvalue weighted by Gasteiger charge is 2.40. The number of carbonyl (C=O) groups is 3. The fourth-order valence-electron chi connectivity index (χ4n) is 2.15. The number of carbonyl (C=O) groups excluding carboxylic acids is 3. The molecule has 0 aromatic rings. The Bertz CT molecular complexity index is 616. The fraction of sp³-hybridized carbons (Fsp3) is 0.500. The molecule has 0 unspecified atom stereocenters. The normalized spacial score (nSPS) is 16.6. The molecule has 120 valence electrons. The van der Waals surface area contributed by atoms with Gasteiger partial charge < -0.3 is 4.74 Å². The van der Waals surface area contributed by atoms with Crippen LogP contribution in [0, 0.1) is 10.8 Å². The fourth-order valence-corrected chi connectivity index (χ4v) is 2.15. The van der Waals surface area contributed by atoms with Crippen molar-refractivity contribution in [1.82, 2.24) is 0 Å².